The maximum Gasteiger partial charge on any atom is 0.138 e. The fraction of sp³-hybridized carbons (Fsp3) is 0.385. The molecule has 0 saturated heterocycles. The molecule has 2 aromatic rings. The van der Waals surface area contributed by atoms with Gasteiger partial charge in [0.2, 0.25) is 0 Å². The largest absolute Gasteiger partial charge is 0.310 e. The Morgan fingerprint density at radius 3 is 2.79 bits per heavy atom. The van der Waals surface area contributed by atoms with Crippen molar-refractivity contribution in [3.63, 3.8) is 0 Å². The van der Waals surface area contributed by atoms with Crippen LogP contribution in [0.2, 0.25) is 0 Å². The summed E-state index contributed by atoms with van der Waals surface area (Å²) in [6.07, 6.45) is 2.40. The maximum absolute atomic E-state index is 4.30. The van der Waals surface area contributed by atoms with Crippen LogP contribution in [-0.2, 0) is 13.5 Å². The van der Waals surface area contributed by atoms with Gasteiger partial charge in [-0.2, -0.15) is 5.10 Å². The van der Waals surface area contributed by atoms with E-state index in [1.165, 1.54) is 5.56 Å². The van der Waals surface area contributed by atoms with E-state index in [0.717, 1.165) is 27.7 Å². The number of hydrogen-bond acceptors (Lipinski definition) is 3. The van der Waals surface area contributed by atoms with E-state index in [4.69, 9.17) is 0 Å². The molecule has 102 valence electrons. The first-order valence-electron chi connectivity index (χ1n) is 6.13. The van der Waals surface area contributed by atoms with Crippen LogP contribution in [0.4, 0.5) is 0 Å². The van der Waals surface area contributed by atoms with Gasteiger partial charge in [-0.05, 0) is 30.3 Å². The van der Waals surface area contributed by atoms with E-state index in [2.05, 4.69) is 66.3 Å². The molecule has 0 spiro atoms. The summed E-state index contributed by atoms with van der Waals surface area (Å²) in [6.45, 7) is 3.01. The number of hydrogen-bond donors (Lipinski definition) is 1. The Morgan fingerprint density at radius 1 is 1.37 bits per heavy atom. The Bertz CT molecular complexity index is 553. The summed E-state index contributed by atoms with van der Waals surface area (Å²) < 4.78 is 3.99. The molecule has 1 heterocycles. The van der Waals surface area contributed by atoms with E-state index in [0.29, 0.717) is 0 Å². The fourth-order valence-electron chi connectivity index (χ4n) is 2.01. The molecule has 0 aliphatic rings. The summed E-state index contributed by atoms with van der Waals surface area (Å²) in [5, 5.41) is 7.62. The zero-order chi connectivity index (χ0) is 13.8. The second kappa shape index (κ2) is 6.63. The molecular weight excluding hydrogens is 372 g/mol. The highest BCUT2D eigenvalue weighted by atomic mass is 79.9. The molecule has 19 heavy (non-hydrogen) atoms. The third-order valence-electron chi connectivity index (χ3n) is 2.98. The molecule has 1 N–H and O–H groups in total. The first kappa shape index (κ1) is 14.7. The van der Waals surface area contributed by atoms with Gasteiger partial charge in [0, 0.05) is 28.5 Å². The van der Waals surface area contributed by atoms with Crippen LogP contribution < -0.4 is 5.32 Å². The normalized spacial score (nSPS) is 12.6. The lowest BCUT2D eigenvalue weighted by atomic mass is 10.0. The summed E-state index contributed by atoms with van der Waals surface area (Å²) >= 11 is 7.15. The Hall–Kier alpha value is -0.720. The predicted molar refractivity (Wildman–Crippen MR) is 83.0 cm³/mol. The highest BCUT2D eigenvalue weighted by Crippen LogP contribution is 2.28. The van der Waals surface area contributed by atoms with Crippen LogP contribution in [0.3, 0.4) is 0 Å². The summed E-state index contributed by atoms with van der Waals surface area (Å²) in [4.78, 5) is 4.30. The summed E-state index contributed by atoms with van der Waals surface area (Å²) in [5.74, 6) is 0.970. The Kier molecular flexibility index (Phi) is 5.13. The zero-order valence-electron chi connectivity index (χ0n) is 10.9. The van der Waals surface area contributed by atoms with E-state index in [1.807, 2.05) is 17.8 Å². The SMILES string of the molecule is CCNC(Cc1ncnn1C)c1cc(Br)ccc1Br. The lowest BCUT2D eigenvalue weighted by Gasteiger charge is -2.19. The molecule has 1 unspecified atom stereocenters. The molecule has 0 aliphatic heterocycles. The van der Waals surface area contributed by atoms with Crippen LogP contribution >= 0.6 is 31.9 Å². The molecule has 0 aliphatic carbocycles. The lowest BCUT2D eigenvalue weighted by Crippen LogP contribution is -2.24. The highest BCUT2D eigenvalue weighted by Gasteiger charge is 2.17. The van der Waals surface area contributed by atoms with Crippen molar-refractivity contribution in [2.75, 3.05) is 6.54 Å². The van der Waals surface area contributed by atoms with E-state index >= 15 is 0 Å². The van der Waals surface area contributed by atoms with Gasteiger partial charge in [-0.1, -0.05) is 38.8 Å². The van der Waals surface area contributed by atoms with Crippen molar-refractivity contribution < 1.29 is 0 Å². The number of likely N-dealkylation sites (N-methyl/N-ethyl adjacent to an activating group) is 1. The summed E-state index contributed by atoms with van der Waals surface area (Å²) in [7, 11) is 1.92. The fourth-order valence-corrected chi connectivity index (χ4v) is 2.91. The van der Waals surface area contributed by atoms with Crippen molar-refractivity contribution in [2.45, 2.75) is 19.4 Å². The van der Waals surface area contributed by atoms with Gasteiger partial charge < -0.3 is 5.32 Å². The Labute approximate surface area is 129 Å². The number of aryl methyl sites for hydroxylation is 1. The van der Waals surface area contributed by atoms with Crippen LogP contribution in [0.15, 0.2) is 33.5 Å². The smallest absolute Gasteiger partial charge is 0.138 e. The molecule has 0 bridgehead atoms. The average Bonchev–Trinajstić information content (AvgIpc) is 2.78. The molecule has 4 nitrogen and oxygen atoms in total. The standard InChI is InChI=1S/C13H16Br2N4/c1-3-16-12(7-13-17-8-18-19(13)2)10-6-9(14)4-5-11(10)15/h4-6,8,12,16H,3,7H2,1-2H3. The van der Waals surface area contributed by atoms with Gasteiger partial charge in [0.05, 0.1) is 0 Å². The molecule has 0 radical (unpaired) electrons. The van der Waals surface area contributed by atoms with Gasteiger partial charge >= 0.3 is 0 Å². The van der Waals surface area contributed by atoms with Gasteiger partial charge in [0.1, 0.15) is 12.2 Å². The molecule has 1 atom stereocenters. The predicted octanol–water partition coefficient (Wildman–Crippen LogP) is 3.23. The van der Waals surface area contributed by atoms with Gasteiger partial charge in [-0.25, -0.2) is 4.98 Å². The molecular formula is C13H16Br2N4. The summed E-state index contributed by atoms with van der Waals surface area (Å²) in [5.41, 5.74) is 1.22. The number of nitrogens with zero attached hydrogens (tertiary/aromatic N) is 3. The van der Waals surface area contributed by atoms with Crippen LogP contribution in [0.1, 0.15) is 24.4 Å². The van der Waals surface area contributed by atoms with Crippen LogP contribution in [-0.4, -0.2) is 21.3 Å². The quantitative estimate of drug-likeness (QED) is 0.856. The van der Waals surface area contributed by atoms with Crippen LogP contribution in [0, 0.1) is 0 Å². The van der Waals surface area contributed by atoms with Crippen molar-refractivity contribution >= 4 is 31.9 Å². The number of benzene rings is 1. The Morgan fingerprint density at radius 2 is 2.16 bits per heavy atom. The second-order valence-corrected chi connectivity index (χ2v) is 6.05. The molecule has 1 aromatic heterocycles. The molecule has 6 heteroatoms. The number of aromatic nitrogens is 3. The zero-order valence-corrected chi connectivity index (χ0v) is 14.1. The third-order valence-corrected chi connectivity index (χ3v) is 4.19. The number of rotatable bonds is 5. The molecule has 1 aromatic carbocycles. The van der Waals surface area contributed by atoms with E-state index < -0.39 is 0 Å². The monoisotopic (exact) mass is 386 g/mol. The average molecular weight is 388 g/mol. The van der Waals surface area contributed by atoms with Gasteiger partial charge in [-0.3, -0.25) is 4.68 Å². The first-order valence-corrected chi connectivity index (χ1v) is 7.71. The maximum atomic E-state index is 4.30. The Balaban J connectivity index is 2.29. The van der Waals surface area contributed by atoms with E-state index in [9.17, 15) is 0 Å². The van der Waals surface area contributed by atoms with Crippen molar-refractivity contribution in [1.29, 1.82) is 0 Å². The molecule has 2 rings (SSSR count). The van der Waals surface area contributed by atoms with E-state index in [-0.39, 0.29) is 6.04 Å². The number of halogens is 2. The minimum Gasteiger partial charge on any atom is -0.310 e. The van der Waals surface area contributed by atoms with Crippen molar-refractivity contribution in [3.05, 3.63) is 44.9 Å². The highest BCUT2D eigenvalue weighted by molar-refractivity contribution is 9.11. The number of nitrogens with one attached hydrogen (secondary N) is 1. The second-order valence-electron chi connectivity index (χ2n) is 4.28. The molecule has 0 amide bonds. The van der Waals surface area contributed by atoms with Crippen LogP contribution in [0.5, 0.6) is 0 Å². The molecule has 0 saturated carbocycles. The topological polar surface area (TPSA) is 42.7 Å². The minimum absolute atomic E-state index is 0.208. The molecule has 0 fully saturated rings. The summed E-state index contributed by atoms with van der Waals surface area (Å²) in [6, 6.07) is 6.42. The van der Waals surface area contributed by atoms with Crippen LogP contribution in [0.25, 0.3) is 0 Å². The van der Waals surface area contributed by atoms with E-state index in [1.54, 1.807) is 6.33 Å². The first-order chi connectivity index (χ1) is 9.11. The third kappa shape index (κ3) is 3.64. The van der Waals surface area contributed by atoms with Crippen molar-refractivity contribution in [1.82, 2.24) is 20.1 Å². The minimum atomic E-state index is 0.208. The lowest BCUT2D eigenvalue weighted by molar-refractivity contribution is 0.520. The van der Waals surface area contributed by atoms with Crippen molar-refractivity contribution in [2.24, 2.45) is 7.05 Å². The van der Waals surface area contributed by atoms with Gasteiger partial charge in [0.25, 0.3) is 0 Å². The van der Waals surface area contributed by atoms with Crippen molar-refractivity contribution in [3.8, 4) is 0 Å². The van der Waals surface area contributed by atoms with Gasteiger partial charge in [0.15, 0.2) is 0 Å². The van der Waals surface area contributed by atoms with Gasteiger partial charge in [-0.15, -0.1) is 0 Å².